The van der Waals surface area contributed by atoms with Crippen LogP contribution in [-0.4, -0.2) is 22.0 Å². The van der Waals surface area contributed by atoms with Crippen LogP contribution in [-0.2, 0) is 5.75 Å². The molecule has 0 saturated carbocycles. The molecule has 0 aliphatic heterocycles. The first kappa shape index (κ1) is 14.4. The van der Waals surface area contributed by atoms with Crippen molar-refractivity contribution >= 4 is 28.5 Å². The molecule has 1 aromatic heterocycles. The summed E-state index contributed by atoms with van der Waals surface area (Å²) < 4.78 is 5.12. The van der Waals surface area contributed by atoms with Gasteiger partial charge >= 0.3 is 0 Å². The molecule has 0 aliphatic rings. The number of nitro benzene ring substituents is 1. The summed E-state index contributed by atoms with van der Waals surface area (Å²) in [5.74, 6) is 1.58. The normalized spacial score (nSPS) is 10.8. The van der Waals surface area contributed by atoms with Crippen molar-refractivity contribution in [2.45, 2.75) is 10.9 Å². The van der Waals surface area contributed by atoms with Crippen molar-refractivity contribution in [3.63, 3.8) is 0 Å². The molecule has 3 aromatic rings. The maximum absolute atomic E-state index is 10.8. The Labute approximate surface area is 130 Å². The van der Waals surface area contributed by atoms with Gasteiger partial charge in [0.05, 0.1) is 23.1 Å². The molecule has 6 nitrogen and oxygen atoms in total. The lowest BCUT2D eigenvalue weighted by Gasteiger charge is -2.01. The molecule has 0 aliphatic carbocycles. The first-order valence-electron chi connectivity index (χ1n) is 6.55. The highest BCUT2D eigenvalue weighted by Gasteiger charge is 2.10. The van der Waals surface area contributed by atoms with Crippen molar-refractivity contribution in [1.29, 1.82) is 0 Å². The number of hydrogen-bond donors (Lipinski definition) is 1. The molecule has 0 spiro atoms. The molecule has 1 heterocycles. The van der Waals surface area contributed by atoms with Gasteiger partial charge in [-0.3, -0.25) is 10.1 Å². The van der Waals surface area contributed by atoms with E-state index in [0.29, 0.717) is 5.52 Å². The van der Waals surface area contributed by atoms with Crippen LogP contribution >= 0.6 is 11.8 Å². The van der Waals surface area contributed by atoms with E-state index in [0.717, 1.165) is 27.7 Å². The maximum atomic E-state index is 10.8. The molecule has 112 valence electrons. The molecule has 2 aromatic carbocycles. The smallest absolute Gasteiger partial charge is 0.271 e. The summed E-state index contributed by atoms with van der Waals surface area (Å²) in [6.45, 7) is 0. The molecule has 22 heavy (non-hydrogen) atoms. The highest BCUT2D eigenvalue weighted by molar-refractivity contribution is 7.98. The van der Waals surface area contributed by atoms with Crippen LogP contribution in [0.4, 0.5) is 5.69 Å². The fraction of sp³-hybridized carbons (Fsp3) is 0.133. The topological polar surface area (TPSA) is 81.1 Å². The molecule has 3 rings (SSSR count). The van der Waals surface area contributed by atoms with Crippen LogP contribution in [0.25, 0.3) is 11.0 Å². The SMILES string of the molecule is COc1ccc(CSc2nc3ccc([N+](=O)[O-])cc3[nH]2)cc1. The third-order valence-corrected chi connectivity index (χ3v) is 4.13. The van der Waals surface area contributed by atoms with Crippen LogP contribution in [0.5, 0.6) is 5.75 Å². The highest BCUT2D eigenvalue weighted by Crippen LogP contribution is 2.26. The van der Waals surface area contributed by atoms with Gasteiger partial charge in [0.15, 0.2) is 5.16 Å². The molecule has 0 radical (unpaired) electrons. The third kappa shape index (κ3) is 3.04. The number of methoxy groups -OCH3 is 1. The standard InChI is InChI=1S/C15H13N3O3S/c1-21-12-5-2-10(3-6-12)9-22-15-16-13-7-4-11(18(19)20)8-14(13)17-15/h2-8H,9H2,1H3,(H,16,17). The number of nitrogens with one attached hydrogen (secondary N) is 1. The van der Waals surface area contributed by atoms with Gasteiger partial charge in [0.25, 0.3) is 5.69 Å². The minimum Gasteiger partial charge on any atom is -0.497 e. The number of ether oxygens (including phenoxy) is 1. The second-order valence-electron chi connectivity index (χ2n) is 4.64. The number of rotatable bonds is 5. The Morgan fingerprint density at radius 1 is 1.27 bits per heavy atom. The maximum Gasteiger partial charge on any atom is 0.271 e. The van der Waals surface area contributed by atoms with Crippen molar-refractivity contribution in [2.75, 3.05) is 7.11 Å². The third-order valence-electron chi connectivity index (χ3n) is 3.19. The largest absolute Gasteiger partial charge is 0.497 e. The van der Waals surface area contributed by atoms with Crippen LogP contribution in [0.3, 0.4) is 0 Å². The number of thioether (sulfide) groups is 1. The summed E-state index contributed by atoms with van der Waals surface area (Å²) in [5.41, 5.74) is 2.61. The van der Waals surface area contributed by atoms with Crippen LogP contribution < -0.4 is 4.74 Å². The van der Waals surface area contributed by atoms with Crippen molar-refractivity contribution in [1.82, 2.24) is 9.97 Å². The van der Waals surface area contributed by atoms with E-state index in [1.54, 1.807) is 24.9 Å². The molecule has 1 N–H and O–H groups in total. The first-order chi connectivity index (χ1) is 10.7. The Bertz CT molecular complexity index is 815. The second kappa shape index (κ2) is 6.07. The first-order valence-corrected chi connectivity index (χ1v) is 7.54. The quantitative estimate of drug-likeness (QED) is 0.440. The zero-order chi connectivity index (χ0) is 15.5. The zero-order valence-electron chi connectivity index (χ0n) is 11.8. The molecule has 0 saturated heterocycles. The van der Waals surface area contributed by atoms with E-state index in [1.165, 1.54) is 12.1 Å². The fourth-order valence-corrected chi connectivity index (χ4v) is 2.87. The number of aromatic nitrogens is 2. The lowest BCUT2D eigenvalue weighted by molar-refractivity contribution is -0.384. The van der Waals surface area contributed by atoms with E-state index in [1.807, 2.05) is 24.3 Å². The summed E-state index contributed by atoms with van der Waals surface area (Å²) in [6, 6.07) is 12.4. The van der Waals surface area contributed by atoms with Gasteiger partial charge in [-0.25, -0.2) is 4.98 Å². The van der Waals surface area contributed by atoms with E-state index in [-0.39, 0.29) is 5.69 Å². The van der Waals surface area contributed by atoms with E-state index in [4.69, 9.17) is 4.74 Å². The summed E-state index contributed by atoms with van der Waals surface area (Å²) in [7, 11) is 1.64. The lowest BCUT2D eigenvalue weighted by Crippen LogP contribution is -1.86. The van der Waals surface area contributed by atoms with Crippen molar-refractivity contribution in [2.24, 2.45) is 0 Å². The van der Waals surface area contributed by atoms with Gasteiger partial charge in [-0.1, -0.05) is 23.9 Å². The molecular weight excluding hydrogens is 302 g/mol. The van der Waals surface area contributed by atoms with E-state index in [2.05, 4.69) is 9.97 Å². The molecular formula is C15H13N3O3S. The summed E-state index contributed by atoms with van der Waals surface area (Å²) in [4.78, 5) is 17.9. The number of non-ortho nitro benzene ring substituents is 1. The van der Waals surface area contributed by atoms with Crippen LogP contribution in [0.2, 0.25) is 0 Å². The van der Waals surface area contributed by atoms with Crippen LogP contribution in [0.15, 0.2) is 47.6 Å². The lowest BCUT2D eigenvalue weighted by atomic mass is 10.2. The van der Waals surface area contributed by atoms with Gasteiger partial charge in [0.2, 0.25) is 0 Å². The number of H-pyrrole nitrogens is 1. The van der Waals surface area contributed by atoms with Crippen LogP contribution in [0, 0.1) is 10.1 Å². The number of benzene rings is 2. The molecule has 0 amide bonds. The molecule has 0 bridgehead atoms. The van der Waals surface area contributed by atoms with Gasteiger partial charge in [0, 0.05) is 17.9 Å². The Morgan fingerprint density at radius 2 is 2.05 bits per heavy atom. The summed E-state index contributed by atoms with van der Waals surface area (Å²) >= 11 is 1.55. The summed E-state index contributed by atoms with van der Waals surface area (Å²) in [5, 5.41) is 11.5. The predicted octanol–water partition coefficient (Wildman–Crippen LogP) is 3.77. The molecule has 0 fully saturated rings. The Balaban J connectivity index is 1.74. The van der Waals surface area contributed by atoms with Crippen molar-refractivity contribution in [3.05, 3.63) is 58.1 Å². The van der Waals surface area contributed by atoms with E-state index < -0.39 is 4.92 Å². The highest BCUT2D eigenvalue weighted by atomic mass is 32.2. The molecule has 0 atom stereocenters. The number of nitrogens with zero attached hydrogens (tertiary/aromatic N) is 2. The van der Waals surface area contributed by atoms with E-state index in [9.17, 15) is 10.1 Å². The minimum atomic E-state index is -0.412. The molecule has 7 heteroatoms. The Kier molecular flexibility index (Phi) is 3.97. The van der Waals surface area contributed by atoms with Crippen LogP contribution in [0.1, 0.15) is 5.56 Å². The number of nitro groups is 1. The van der Waals surface area contributed by atoms with Gasteiger partial charge in [-0.15, -0.1) is 0 Å². The average Bonchev–Trinajstić information content (AvgIpc) is 2.95. The number of aromatic amines is 1. The van der Waals surface area contributed by atoms with Gasteiger partial charge in [0.1, 0.15) is 5.75 Å². The van der Waals surface area contributed by atoms with Crippen molar-refractivity contribution in [3.8, 4) is 5.75 Å². The number of fused-ring (bicyclic) bond motifs is 1. The monoisotopic (exact) mass is 315 g/mol. The van der Waals surface area contributed by atoms with Gasteiger partial charge in [-0.05, 0) is 23.8 Å². The van der Waals surface area contributed by atoms with Gasteiger partial charge < -0.3 is 9.72 Å². The van der Waals surface area contributed by atoms with E-state index >= 15 is 0 Å². The Hall–Kier alpha value is -2.54. The number of hydrogen-bond acceptors (Lipinski definition) is 5. The van der Waals surface area contributed by atoms with Gasteiger partial charge in [-0.2, -0.15) is 0 Å². The minimum absolute atomic E-state index is 0.0582. The zero-order valence-corrected chi connectivity index (χ0v) is 12.6. The van der Waals surface area contributed by atoms with Crippen molar-refractivity contribution < 1.29 is 9.66 Å². The summed E-state index contributed by atoms with van der Waals surface area (Å²) in [6.07, 6.45) is 0. The predicted molar refractivity (Wildman–Crippen MR) is 85.3 cm³/mol. The average molecular weight is 315 g/mol. The second-order valence-corrected chi connectivity index (χ2v) is 5.60. The Morgan fingerprint density at radius 3 is 2.73 bits per heavy atom. The fourth-order valence-electron chi connectivity index (χ4n) is 2.03. The number of imidazole rings is 1. The molecule has 0 unspecified atom stereocenters.